The number of ether oxygens (including phenoxy) is 2. The van der Waals surface area contributed by atoms with Gasteiger partial charge in [0.05, 0.1) is 22.3 Å². The number of nitrogens with one attached hydrogen (secondary N) is 2. The highest BCUT2D eigenvalue weighted by molar-refractivity contribution is 7.18. The molecule has 1 fully saturated rings. The van der Waals surface area contributed by atoms with E-state index in [4.69, 9.17) is 21.1 Å². The Hall–Kier alpha value is -3.63. The monoisotopic (exact) mass is 515 g/mol. The van der Waals surface area contributed by atoms with Gasteiger partial charge in [-0.05, 0) is 55.3 Å². The van der Waals surface area contributed by atoms with Crippen LogP contribution in [0.25, 0.3) is 11.1 Å². The minimum atomic E-state index is -0.516. The molecule has 3 aromatic rings. The molecule has 35 heavy (non-hydrogen) atoms. The van der Waals surface area contributed by atoms with Crippen molar-refractivity contribution in [2.45, 2.75) is 20.0 Å². The SMILES string of the molecule is CC(=O)COc1c(-c2ccc(N3C[C@H](CNC(=O)c4ccc(Cl)s4)OC3=O)cc2C)cc[nH]c1=O. The largest absolute Gasteiger partial charge is 0.479 e. The highest BCUT2D eigenvalue weighted by Gasteiger charge is 2.33. The fourth-order valence-electron chi connectivity index (χ4n) is 3.68. The predicted molar refractivity (Wildman–Crippen MR) is 133 cm³/mol. The van der Waals surface area contributed by atoms with Gasteiger partial charge in [0.15, 0.2) is 11.5 Å². The zero-order valence-electron chi connectivity index (χ0n) is 18.9. The highest BCUT2D eigenvalue weighted by atomic mass is 35.5. The molecule has 1 aromatic carbocycles. The molecule has 9 nitrogen and oxygen atoms in total. The number of cyclic esters (lactones) is 1. The quantitative estimate of drug-likeness (QED) is 0.471. The number of Topliss-reactive ketones (excluding diaryl/α,β-unsaturated/α-hetero) is 1. The Morgan fingerprint density at radius 3 is 2.71 bits per heavy atom. The number of rotatable bonds is 8. The topological polar surface area (TPSA) is 118 Å². The molecule has 1 atom stereocenters. The molecule has 2 N–H and O–H groups in total. The number of halogens is 1. The third-order valence-corrected chi connectivity index (χ3v) is 6.54. The normalized spacial score (nSPS) is 15.1. The maximum Gasteiger partial charge on any atom is 0.414 e. The van der Waals surface area contributed by atoms with Gasteiger partial charge in [-0.3, -0.25) is 19.3 Å². The van der Waals surface area contributed by atoms with Crippen molar-refractivity contribution >= 4 is 46.4 Å². The predicted octanol–water partition coefficient (Wildman–Crippen LogP) is 3.79. The van der Waals surface area contributed by atoms with E-state index in [1.807, 2.05) is 6.92 Å². The van der Waals surface area contributed by atoms with Crippen LogP contribution in [0.5, 0.6) is 5.75 Å². The van der Waals surface area contributed by atoms with Crippen LogP contribution in [0, 0.1) is 6.92 Å². The van der Waals surface area contributed by atoms with Crippen molar-refractivity contribution in [3.63, 3.8) is 0 Å². The number of amides is 2. The summed E-state index contributed by atoms with van der Waals surface area (Å²) in [6, 6.07) is 10.3. The molecule has 182 valence electrons. The average molecular weight is 516 g/mol. The van der Waals surface area contributed by atoms with E-state index in [1.165, 1.54) is 29.4 Å². The third kappa shape index (κ3) is 5.55. The van der Waals surface area contributed by atoms with Gasteiger partial charge < -0.3 is 19.8 Å². The van der Waals surface area contributed by atoms with Gasteiger partial charge in [0.25, 0.3) is 11.5 Å². The number of carbonyl (C=O) groups is 3. The Morgan fingerprint density at radius 1 is 1.23 bits per heavy atom. The van der Waals surface area contributed by atoms with Gasteiger partial charge in [0, 0.05) is 17.4 Å². The van der Waals surface area contributed by atoms with Crippen molar-refractivity contribution in [1.29, 1.82) is 0 Å². The van der Waals surface area contributed by atoms with Crippen molar-refractivity contribution in [2.24, 2.45) is 0 Å². The van der Waals surface area contributed by atoms with E-state index in [0.717, 1.165) is 11.1 Å². The summed E-state index contributed by atoms with van der Waals surface area (Å²) in [7, 11) is 0. The number of thiophene rings is 1. The molecule has 1 aliphatic heterocycles. The molecule has 0 bridgehead atoms. The van der Waals surface area contributed by atoms with Crippen molar-refractivity contribution < 1.29 is 23.9 Å². The van der Waals surface area contributed by atoms with Crippen molar-refractivity contribution in [2.75, 3.05) is 24.6 Å². The molecule has 0 saturated carbocycles. The van der Waals surface area contributed by atoms with Crippen LogP contribution < -0.4 is 20.5 Å². The van der Waals surface area contributed by atoms with Gasteiger partial charge >= 0.3 is 6.09 Å². The first kappa shape index (κ1) is 24.5. The van der Waals surface area contributed by atoms with Gasteiger partial charge in [0.2, 0.25) is 0 Å². The standard InChI is InChI=1S/C24H22ClN3O6S/c1-13-9-15(3-4-17(13)18-7-8-26-23(31)21(18)33-12-14(2)29)28-11-16(34-24(28)32)10-27-22(30)19-5-6-20(25)35-19/h3-9,16H,10-12H2,1-2H3,(H,26,31)(H,27,30)/t16-/m0/s1. The van der Waals surface area contributed by atoms with Crippen LogP contribution in [-0.4, -0.2) is 48.6 Å². The number of ketones is 1. The first-order valence-corrected chi connectivity index (χ1v) is 11.9. The van der Waals surface area contributed by atoms with Gasteiger partial charge in [-0.15, -0.1) is 11.3 Å². The van der Waals surface area contributed by atoms with Crippen LogP contribution in [0.4, 0.5) is 10.5 Å². The minimum Gasteiger partial charge on any atom is -0.479 e. The molecule has 3 heterocycles. The number of hydrogen-bond acceptors (Lipinski definition) is 7. The summed E-state index contributed by atoms with van der Waals surface area (Å²) in [6.07, 6.45) is 0.477. The number of H-pyrrole nitrogens is 1. The van der Waals surface area contributed by atoms with Crippen LogP contribution in [0.2, 0.25) is 4.34 Å². The molecule has 1 aliphatic rings. The summed E-state index contributed by atoms with van der Waals surface area (Å²) in [5, 5.41) is 2.76. The van der Waals surface area contributed by atoms with E-state index in [9.17, 15) is 19.2 Å². The van der Waals surface area contributed by atoms with Crippen LogP contribution >= 0.6 is 22.9 Å². The summed E-state index contributed by atoms with van der Waals surface area (Å²) in [5.41, 5.74) is 2.23. The van der Waals surface area contributed by atoms with Crippen molar-refractivity contribution in [3.05, 3.63) is 67.7 Å². The molecule has 0 unspecified atom stereocenters. The lowest BCUT2D eigenvalue weighted by Gasteiger charge is -2.17. The highest BCUT2D eigenvalue weighted by Crippen LogP contribution is 2.33. The third-order valence-electron chi connectivity index (χ3n) is 5.31. The number of aryl methyl sites for hydroxylation is 1. The summed E-state index contributed by atoms with van der Waals surface area (Å²) < 4.78 is 11.4. The van der Waals surface area contributed by atoms with E-state index in [1.54, 1.807) is 36.4 Å². The van der Waals surface area contributed by atoms with Crippen LogP contribution in [0.15, 0.2) is 47.4 Å². The molecular weight excluding hydrogens is 494 g/mol. The second-order valence-corrected chi connectivity index (χ2v) is 9.68. The van der Waals surface area contributed by atoms with Gasteiger partial charge in [-0.1, -0.05) is 17.7 Å². The summed E-state index contributed by atoms with van der Waals surface area (Å²) in [5.74, 6) is -0.428. The number of aromatic amines is 1. The lowest BCUT2D eigenvalue weighted by Crippen LogP contribution is -2.34. The molecule has 2 aromatic heterocycles. The second kappa shape index (κ2) is 10.3. The van der Waals surface area contributed by atoms with Crippen molar-refractivity contribution in [3.8, 4) is 16.9 Å². The molecular formula is C24H22ClN3O6S. The number of benzene rings is 1. The molecule has 0 spiro atoms. The summed E-state index contributed by atoms with van der Waals surface area (Å²) >= 11 is 7.04. The summed E-state index contributed by atoms with van der Waals surface area (Å²) in [6.45, 7) is 3.44. The zero-order valence-corrected chi connectivity index (χ0v) is 20.5. The number of anilines is 1. The maximum absolute atomic E-state index is 12.5. The van der Waals surface area contributed by atoms with Crippen LogP contribution in [0.1, 0.15) is 22.2 Å². The van der Waals surface area contributed by atoms with Gasteiger partial charge in [-0.25, -0.2) is 4.79 Å². The van der Waals surface area contributed by atoms with Crippen LogP contribution in [-0.2, 0) is 9.53 Å². The second-order valence-electron chi connectivity index (χ2n) is 7.97. The summed E-state index contributed by atoms with van der Waals surface area (Å²) in [4.78, 5) is 52.9. The lowest BCUT2D eigenvalue weighted by molar-refractivity contribution is -0.118. The van der Waals surface area contributed by atoms with Gasteiger partial charge in [-0.2, -0.15) is 0 Å². The van der Waals surface area contributed by atoms with E-state index >= 15 is 0 Å². The number of nitrogens with zero attached hydrogens (tertiary/aromatic N) is 1. The van der Waals surface area contributed by atoms with Crippen molar-refractivity contribution in [1.82, 2.24) is 10.3 Å². The minimum absolute atomic E-state index is 0.0574. The van der Waals surface area contributed by atoms with Crippen LogP contribution in [0.3, 0.4) is 0 Å². The number of aromatic nitrogens is 1. The Balaban J connectivity index is 1.47. The van der Waals surface area contributed by atoms with E-state index < -0.39 is 17.8 Å². The number of pyridine rings is 1. The Bertz CT molecular complexity index is 1350. The lowest BCUT2D eigenvalue weighted by atomic mass is 10.00. The fraction of sp³-hybridized carbons (Fsp3) is 0.250. The smallest absolute Gasteiger partial charge is 0.414 e. The maximum atomic E-state index is 12.5. The molecule has 1 saturated heterocycles. The van der Waals surface area contributed by atoms with E-state index in [0.29, 0.717) is 20.5 Å². The first-order chi connectivity index (χ1) is 16.7. The van der Waals surface area contributed by atoms with E-state index in [-0.39, 0.29) is 37.1 Å². The van der Waals surface area contributed by atoms with E-state index in [2.05, 4.69) is 10.3 Å². The molecule has 11 heteroatoms. The molecule has 4 rings (SSSR count). The Labute approximate surface area is 209 Å². The molecule has 2 amide bonds. The number of carbonyl (C=O) groups excluding carboxylic acids is 3. The zero-order chi connectivity index (χ0) is 25.1. The number of hydrogen-bond donors (Lipinski definition) is 2. The Morgan fingerprint density at radius 2 is 2.03 bits per heavy atom. The molecule has 0 aliphatic carbocycles. The van der Waals surface area contributed by atoms with Gasteiger partial charge in [0.1, 0.15) is 12.7 Å². The first-order valence-electron chi connectivity index (χ1n) is 10.7. The fourth-order valence-corrected chi connectivity index (χ4v) is 4.64. The average Bonchev–Trinajstić information content (AvgIpc) is 3.41. The Kier molecular flexibility index (Phi) is 7.23. The molecule has 0 radical (unpaired) electrons.